The van der Waals surface area contributed by atoms with Crippen LogP contribution in [0.2, 0.25) is 0 Å². The highest BCUT2D eigenvalue weighted by molar-refractivity contribution is 8.35. The van der Waals surface area contributed by atoms with Crippen molar-refractivity contribution in [3.8, 4) is 5.75 Å². The fourth-order valence-corrected chi connectivity index (χ4v) is 8.77. The second kappa shape index (κ2) is 7.28. The Morgan fingerprint density at radius 2 is 1.41 bits per heavy atom. The van der Waals surface area contributed by atoms with Gasteiger partial charge in [-0.3, -0.25) is 9.13 Å². The summed E-state index contributed by atoms with van der Waals surface area (Å²) in [5, 5.41) is 0.414. The molecule has 2 unspecified atom stereocenters. The Morgan fingerprint density at radius 1 is 0.864 bits per heavy atom. The molecule has 0 radical (unpaired) electrons. The van der Waals surface area contributed by atoms with Gasteiger partial charge in [-0.05, 0) is 31.2 Å². The molecule has 2 rings (SSSR count). The van der Waals surface area contributed by atoms with Crippen LogP contribution in [0.1, 0.15) is 13.8 Å². The van der Waals surface area contributed by atoms with E-state index in [4.69, 9.17) is 9.05 Å². The van der Waals surface area contributed by atoms with Crippen molar-refractivity contribution in [2.24, 2.45) is 0 Å². The zero-order valence-electron chi connectivity index (χ0n) is 12.7. The van der Waals surface area contributed by atoms with Gasteiger partial charge in [0.15, 0.2) is 0 Å². The highest BCUT2D eigenvalue weighted by atomic mass is 32.1. The molecule has 0 aromatic heterocycles. The molecular formula is C16H20O4P2. The third-order valence-electron chi connectivity index (χ3n) is 3.19. The summed E-state index contributed by atoms with van der Waals surface area (Å²) in [4.78, 5) is 0. The Labute approximate surface area is 131 Å². The number of hydrogen-bond acceptors (Lipinski definition) is 4. The van der Waals surface area contributed by atoms with Crippen molar-refractivity contribution in [3.63, 3.8) is 0 Å². The van der Waals surface area contributed by atoms with Gasteiger partial charge in [0.25, 0.3) is 7.06 Å². The van der Waals surface area contributed by atoms with Crippen LogP contribution in [0.5, 0.6) is 5.75 Å². The average molecular weight is 338 g/mol. The van der Waals surface area contributed by atoms with Crippen LogP contribution in [0.15, 0.2) is 60.7 Å². The van der Waals surface area contributed by atoms with Gasteiger partial charge in [-0.25, -0.2) is 0 Å². The minimum atomic E-state index is -3.70. The Hall–Kier alpha value is -1.34. The second-order valence-corrected chi connectivity index (χ2v) is 11.9. The van der Waals surface area contributed by atoms with Gasteiger partial charge >= 0.3 is 7.06 Å². The Balaban J connectivity index is 2.54. The first-order valence-corrected chi connectivity index (χ1v) is 11.3. The zero-order valence-corrected chi connectivity index (χ0v) is 14.5. The maximum atomic E-state index is 13.6. The predicted octanol–water partition coefficient (Wildman–Crippen LogP) is 4.92. The topological polar surface area (TPSA) is 52.6 Å². The van der Waals surface area contributed by atoms with E-state index in [9.17, 15) is 9.13 Å². The molecule has 0 saturated carbocycles. The molecule has 0 fully saturated rings. The van der Waals surface area contributed by atoms with E-state index in [0.29, 0.717) is 11.1 Å². The van der Waals surface area contributed by atoms with Crippen molar-refractivity contribution < 1.29 is 18.2 Å². The summed E-state index contributed by atoms with van der Waals surface area (Å²) >= 11 is 0. The highest BCUT2D eigenvalue weighted by Gasteiger charge is 2.48. The van der Waals surface area contributed by atoms with Crippen LogP contribution in [0.4, 0.5) is 0 Å². The van der Waals surface area contributed by atoms with Crippen LogP contribution < -0.4 is 9.83 Å². The van der Waals surface area contributed by atoms with Gasteiger partial charge in [0.2, 0.25) is 0 Å². The number of benzene rings is 2. The van der Waals surface area contributed by atoms with Crippen LogP contribution in [-0.4, -0.2) is 12.8 Å². The smallest absolute Gasteiger partial charge is 0.358 e. The van der Waals surface area contributed by atoms with Gasteiger partial charge < -0.3 is 9.05 Å². The lowest BCUT2D eigenvalue weighted by atomic mass is 10.3. The van der Waals surface area contributed by atoms with Gasteiger partial charge in [-0.15, -0.1) is 0 Å². The molecule has 0 N–H and O–H groups in total. The molecule has 6 heteroatoms. The van der Waals surface area contributed by atoms with E-state index in [-0.39, 0.29) is 12.8 Å². The maximum absolute atomic E-state index is 13.6. The molecule has 0 aliphatic rings. The highest BCUT2D eigenvalue weighted by Crippen LogP contribution is 2.80. The van der Waals surface area contributed by atoms with Crippen molar-refractivity contribution in [2.45, 2.75) is 13.8 Å². The molecular weight excluding hydrogens is 318 g/mol. The van der Waals surface area contributed by atoms with E-state index < -0.39 is 14.1 Å². The van der Waals surface area contributed by atoms with Crippen LogP contribution in [-0.2, 0) is 13.7 Å². The monoisotopic (exact) mass is 338 g/mol. The fourth-order valence-electron chi connectivity index (χ4n) is 2.09. The molecule has 0 spiro atoms. The Kier molecular flexibility index (Phi) is 5.63. The summed E-state index contributed by atoms with van der Waals surface area (Å²) in [6.07, 6.45) is 0.153. The molecule has 0 heterocycles. The molecule has 0 bridgehead atoms. The summed E-state index contributed by atoms with van der Waals surface area (Å²) in [5.74, 6) is 0.420. The van der Waals surface area contributed by atoms with E-state index in [0.717, 1.165) is 0 Å². The van der Waals surface area contributed by atoms with Crippen LogP contribution >= 0.6 is 14.1 Å². The summed E-state index contributed by atoms with van der Waals surface area (Å²) in [6, 6.07) is 17.4. The summed E-state index contributed by atoms with van der Waals surface area (Å²) < 4.78 is 38.0. The fraction of sp³-hybridized carbons (Fsp3) is 0.250. The van der Waals surface area contributed by atoms with E-state index >= 15 is 0 Å². The van der Waals surface area contributed by atoms with Gasteiger partial charge in [-0.1, -0.05) is 43.3 Å². The molecule has 0 amide bonds. The van der Waals surface area contributed by atoms with Crippen molar-refractivity contribution >= 4 is 19.4 Å². The summed E-state index contributed by atoms with van der Waals surface area (Å²) in [6.45, 7) is 3.67. The summed E-state index contributed by atoms with van der Waals surface area (Å²) in [7, 11) is -7.18. The van der Waals surface area contributed by atoms with E-state index in [2.05, 4.69) is 0 Å². The Bertz CT molecular complexity index is 686. The predicted molar refractivity (Wildman–Crippen MR) is 90.5 cm³/mol. The molecule has 118 valence electrons. The molecule has 4 nitrogen and oxygen atoms in total. The third kappa shape index (κ3) is 3.35. The zero-order chi connectivity index (χ0) is 16.1. The lowest BCUT2D eigenvalue weighted by Crippen LogP contribution is -2.12. The minimum absolute atomic E-state index is 0.153. The van der Waals surface area contributed by atoms with Gasteiger partial charge in [0.1, 0.15) is 5.75 Å². The molecule has 2 aromatic rings. The first-order valence-electron chi connectivity index (χ1n) is 7.20. The van der Waals surface area contributed by atoms with Crippen molar-refractivity contribution in [2.75, 3.05) is 12.8 Å². The third-order valence-corrected chi connectivity index (χ3v) is 11.4. The molecule has 0 saturated heterocycles. The van der Waals surface area contributed by atoms with Crippen LogP contribution in [0, 0.1) is 0 Å². The largest absolute Gasteiger partial charge is 0.434 e. The van der Waals surface area contributed by atoms with E-state index in [1.165, 1.54) is 0 Å². The van der Waals surface area contributed by atoms with Gasteiger partial charge in [0.05, 0.1) is 11.9 Å². The normalized spacial score (nSPS) is 16.5. The first kappa shape index (κ1) is 17.0. The molecule has 2 aromatic carbocycles. The second-order valence-electron chi connectivity index (χ2n) is 4.63. The first-order chi connectivity index (χ1) is 10.6. The SMILES string of the molecule is CCOP(=O)(CC)P(=O)(Oc1ccccc1)c1ccccc1. The van der Waals surface area contributed by atoms with Crippen molar-refractivity contribution in [1.82, 2.24) is 0 Å². The molecule has 0 aliphatic heterocycles. The standard InChI is InChI=1S/C16H20O4P2/c1-3-19-21(17,4-2)22(18,16-13-9-6-10-14-16)20-15-11-7-5-8-12-15/h5-14H,3-4H2,1-2H3. The number of para-hydroxylation sites is 1. The van der Waals surface area contributed by atoms with Crippen LogP contribution in [0.25, 0.3) is 0 Å². The lowest BCUT2D eigenvalue weighted by Gasteiger charge is -2.27. The van der Waals surface area contributed by atoms with E-state index in [1.807, 2.05) is 12.1 Å². The minimum Gasteiger partial charge on any atom is -0.434 e. The molecule has 2 atom stereocenters. The Morgan fingerprint density at radius 3 is 1.91 bits per heavy atom. The van der Waals surface area contributed by atoms with Crippen molar-refractivity contribution in [3.05, 3.63) is 60.7 Å². The number of rotatable bonds is 7. The number of hydrogen-bond donors (Lipinski definition) is 0. The maximum Gasteiger partial charge on any atom is 0.358 e. The van der Waals surface area contributed by atoms with Gasteiger partial charge in [0, 0.05) is 6.16 Å². The lowest BCUT2D eigenvalue weighted by molar-refractivity contribution is 0.340. The summed E-state index contributed by atoms with van der Waals surface area (Å²) in [5.41, 5.74) is 0. The quantitative estimate of drug-likeness (QED) is 0.673. The van der Waals surface area contributed by atoms with Gasteiger partial charge in [-0.2, -0.15) is 0 Å². The molecule has 22 heavy (non-hydrogen) atoms. The van der Waals surface area contributed by atoms with Crippen molar-refractivity contribution in [1.29, 1.82) is 0 Å². The molecule has 0 aliphatic carbocycles. The van der Waals surface area contributed by atoms with E-state index in [1.54, 1.807) is 62.4 Å². The van der Waals surface area contributed by atoms with Crippen LogP contribution in [0.3, 0.4) is 0 Å². The average Bonchev–Trinajstić information content (AvgIpc) is 2.56.